The van der Waals surface area contributed by atoms with E-state index in [4.69, 9.17) is 18.7 Å². The second-order valence-electron chi connectivity index (χ2n) is 10.7. The highest BCUT2D eigenvalue weighted by Gasteiger charge is 2.40. The maximum atomic E-state index is 14.1. The van der Waals surface area contributed by atoms with Gasteiger partial charge in [-0.25, -0.2) is 0 Å². The molecule has 194 valence electrons. The molecule has 0 aromatic carbocycles. The predicted molar refractivity (Wildman–Crippen MR) is 127 cm³/mol. The van der Waals surface area contributed by atoms with Crippen LogP contribution in [0.5, 0.6) is 0 Å². The van der Waals surface area contributed by atoms with Crippen molar-refractivity contribution in [3.63, 3.8) is 0 Å². The van der Waals surface area contributed by atoms with Crippen LogP contribution in [0.3, 0.4) is 0 Å². The standard InChI is InChI=1S/C24H45O8P/c1-18(2)12-19(25)15-31-23(27)10-11-33(28,22-8-6-5-7-9-22)32-24(3,4)13-20(26)14-29-16-21-17-30-21/h18-22,25-26H,5-17H2,1-4H3. The molecule has 0 aromatic rings. The van der Waals surface area contributed by atoms with Gasteiger partial charge in [-0.1, -0.05) is 33.1 Å². The van der Waals surface area contributed by atoms with Gasteiger partial charge in [-0.05, 0) is 39.0 Å². The molecule has 0 aromatic heterocycles. The minimum Gasteiger partial charge on any atom is -0.463 e. The van der Waals surface area contributed by atoms with Crippen molar-refractivity contribution in [2.24, 2.45) is 5.92 Å². The molecule has 2 rings (SSSR count). The van der Waals surface area contributed by atoms with Crippen molar-refractivity contribution in [2.45, 2.75) is 109 Å². The van der Waals surface area contributed by atoms with Gasteiger partial charge in [-0.3, -0.25) is 9.36 Å². The van der Waals surface area contributed by atoms with E-state index in [0.29, 0.717) is 25.6 Å². The highest BCUT2D eigenvalue weighted by Crippen LogP contribution is 2.59. The minimum atomic E-state index is -3.16. The predicted octanol–water partition coefficient (Wildman–Crippen LogP) is 3.90. The van der Waals surface area contributed by atoms with Crippen molar-refractivity contribution in [3.8, 4) is 0 Å². The zero-order valence-corrected chi connectivity index (χ0v) is 21.8. The summed E-state index contributed by atoms with van der Waals surface area (Å²) < 4.78 is 36.1. The SMILES string of the molecule is CC(C)CC(O)COC(=O)CCP(=O)(OC(C)(C)CC(O)COCC1CO1)C1CCCCC1. The average molecular weight is 493 g/mol. The summed E-state index contributed by atoms with van der Waals surface area (Å²) >= 11 is 0. The Kier molecular flexibility index (Phi) is 11.8. The Labute approximate surface area is 199 Å². The second kappa shape index (κ2) is 13.6. The third-order valence-corrected chi connectivity index (χ3v) is 9.36. The maximum absolute atomic E-state index is 14.1. The van der Waals surface area contributed by atoms with Crippen molar-refractivity contribution < 1.29 is 38.3 Å². The van der Waals surface area contributed by atoms with Gasteiger partial charge in [0.05, 0.1) is 44.1 Å². The first-order valence-electron chi connectivity index (χ1n) is 12.5. The maximum Gasteiger partial charge on any atom is 0.306 e. The van der Waals surface area contributed by atoms with Crippen molar-refractivity contribution in [3.05, 3.63) is 0 Å². The molecular formula is C24H45O8P. The smallest absolute Gasteiger partial charge is 0.306 e. The summed E-state index contributed by atoms with van der Waals surface area (Å²) in [5.41, 5.74) is -0.909. The molecule has 2 N–H and O–H groups in total. The van der Waals surface area contributed by atoms with Gasteiger partial charge in [0.25, 0.3) is 0 Å². The van der Waals surface area contributed by atoms with Crippen LogP contribution in [0.1, 0.15) is 79.1 Å². The van der Waals surface area contributed by atoms with Gasteiger partial charge in [0, 0.05) is 18.2 Å². The van der Waals surface area contributed by atoms with E-state index in [2.05, 4.69) is 0 Å². The highest BCUT2D eigenvalue weighted by molar-refractivity contribution is 7.59. The molecule has 0 spiro atoms. The number of hydrogen-bond acceptors (Lipinski definition) is 8. The quantitative estimate of drug-likeness (QED) is 0.189. The number of hydrogen-bond donors (Lipinski definition) is 2. The van der Waals surface area contributed by atoms with Crippen LogP contribution in [-0.4, -0.2) is 78.3 Å². The summed E-state index contributed by atoms with van der Waals surface area (Å²) in [5, 5.41) is 20.3. The van der Waals surface area contributed by atoms with Crippen LogP contribution < -0.4 is 0 Å². The van der Waals surface area contributed by atoms with Crippen LogP contribution in [0.15, 0.2) is 0 Å². The van der Waals surface area contributed by atoms with Gasteiger partial charge in [0.1, 0.15) is 12.7 Å². The van der Waals surface area contributed by atoms with Crippen molar-refractivity contribution in [2.75, 3.05) is 32.6 Å². The summed E-state index contributed by atoms with van der Waals surface area (Å²) in [4.78, 5) is 12.3. The Morgan fingerprint density at radius 3 is 2.39 bits per heavy atom. The molecule has 4 unspecified atom stereocenters. The second-order valence-corrected chi connectivity index (χ2v) is 13.5. The third-order valence-electron chi connectivity index (χ3n) is 6.08. The number of carbonyl (C=O) groups is 1. The zero-order chi connectivity index (χ0) is 24.5. The van der Waals surface area contributed by atoms with Gasteiger partial charge in [0.15, 0.2) is 0 Å². The van der Waals surface area contributed by atoms with Crippen LogP contribution in [0, 0.1) is 5.92 Å². The lowest BCUT2D eigenvalue weighted by Crippen LogP contribution is -2.34. The number of epoxide rings is 1. The first kappa shape index (κ1) is 28.7. The molecule has 2 fully saturated rings. The summed E-state index contributed by atoms with van der Waals surface area (Å²) in [5.74, 6) is -0.158. The van der Waals surface area contributed by atoms with Crippen molar-refractivity contribution in [1.29, 1.82) is 0 Å². The van der Waals surface area contributed by atoms with E-state index < -0.39 is 31.1 Å². The molecule has 1 saturated heterocycles. The Hall–Kier alpha value is -0.500. The topological polar surface area (TPSA) is 115 Å². The first-order chi connectivity index (χ1) is 15.5. The van der Waals surface area contributed by atoms with Crippen LogP contribution >= 0.6 is 7.37 Å². The van der Waals surface area contributed by atoms with E-state index in [0.717, 1.165) is 32.1 Å². The van der Waals surface area contributed by atoms with Gasteiger partial charge in [-0.2, -0.15) is 0 Å². The summed E-state index contributed by atoms with van der Waals surface area (Å²) in [6.45, 7) is 8.94. The van der Waals surface area contributed by atoms with E-state index >= 15 is 0 Å². The Morgan fingerprint density at radius 1 is 1.12 bits per heavy atom. The molecule has 1 heterocycles. The van der Waals surface area contributed by atoms with Gasteiger partial charge >= 0.3 is 5.97 Å². The molecule has 0 amide bonds. The van der Waals surface area contributed by atoms with Gasteiger partial charge in [0.2, 0.25) is 7.37 Å². The number of esters is 1. The van der Waals surface area contributed by atoms with Crippen LogP contribution in [0.25, 0.3) is 0 Å². The fourth-order valence-electron chi connectivity index (χ4n) is 4.48. The third kappa shape index (κ3) is 11.7. The molecule has 0 bridgehead atoms. The number of ether oxygens (including phenoxy) is 3. The molecule has 0 radical (unpaired) electrons. The summed E-state index contributed by atoms with van der Waals surface area (Å²) in [6.07, 6.45) is 4.42. The number of rotatable bonds is 16. The fourth-order valence-corrected chi connectivity index (χ4v) is 7.64. The molecular weight excluding hydrogens is 447 g/mol. The lowest BCUT2D eigenvalue weighted by atomic mass is 10.0. The van der Waals surface area contributed by atoms with Crippen LogP contribution in [-0.2, 0) is 28.1 Å². The Morgan fingerprint density at radius 2 is 1.79 bits per heavy atom. The van der Waals surface area contributed by atoms with Crippen molar-refractivity contribution >= 4 is 13.3 Å². The normalized spacial score (nSPS) is 23.2. The van der Waals surface area contributed by atoms with Crippen LogP contribution in [0.2, 0.25) is 0 Å². The van der Waals surface area contributed by atoms with E-state index in [-0.39, 0.29) is 44.0 Å². The average Bonchev–Trinajstić information content (AvgIpc) is 3.54. The largest absolute Gasteiger partial charge is 0.463 e. The van der Waals surface area contributed by atoms with E-state index in [1.807, 2.05) is 27.7 Å². The van der Waals surface area contributed by atoms with Gasteiger partial charge < -0.3 is 28.9 Å². The molecule has 9 heteroatoms. The summed E-state index contributed by atoms with van der Waals surface area (Å²) in [7, 11) is -3.16. The Bertz CT molecular complexity index is 628. The first-order valence-corrected chi connectivity index (χ1v) is 14.4. The number of carbonyl (C=O) groups excluding carboxylic acids is 1. The fraction of sp³-hybridized carbons (Fsp3) is 0.958. The Balaban J connectivity index is 1.89. The lowest BCUT2D eigenvalue weighted by molar-refractivity contribution is -0.146. The summed E-state index contributed by atoms with van der Waals surface area (Å²) in [6, 6.07) is 0. The number of aliphatic hydroxyl groups is 2. The monoisotopic (exact) mass is 492 g/mol. The zero-order valence-electron chi connectivity index (χ0n) is 20.9. The molecule has 8 nitrogen and oxygen atoms in total. The molecule has 4 atom stereocenters. The number of aliphatic hydroxyl groups excluding tert-OH is 2. The molecule has 33 heavy (non-hydrogen) atoms. The molecule has 1 saturated carbocycles. The highest BCUT2D eigenvalue weighted by atomic mass is 31.2. The van der Waals surface area contributed by atoms with Crippen molar-refractivity contribution in [1.82, 2.24) is 0 Å². The molecule has 1 aliphatic heterocycles. The lowest BCUT2D eigenvalue weighted by Gasteiger charge is -2.37. The van der Waals surface area contributed by atoms with Crippen LogP contribution in [0.4, 0.5) is 0 Å². The minimum absolute atomic E-state index is 0.00862. The molecule has 2 aliphatic rings. The van der Waals surface area contributed by atoms with Gasteiger partial charge in [-0.15, -0.1) is 0 Å². The molecule has 1 aliphatic carbocycles. The van der Waals surface area contributed by atoms with E-state index in [1.54, 1.807) is 0 Å². The van der Waals surface area contributed by atoms with E-state index in [9.17, 15) is 19.6 Å². The van der Waals surface area contributed by atoms with E-state index in [1.165, 1.54) is 0 Å².